The molecule has 1 aliphatic rings. The molecular formula is C7H13BrO. The molecule has 0 aliphatic heterocycles. The van der Waals surface area contributed by atoms with Crippen molar-refractivity contribution in [3.8, 4) is 0 Å². The molecule has 0 aromatic rings. The van der Waals surface area contributed by atoms with Gasteiger partial charge in [-0.3, -0.25) is 0 Å². The predicted molar refractivity (Wildman–Crippen MR) is 41.7 cm³/mol. The molecule has 0 aromatic carbocycles. The summed E-state index contributed by atoms with van der Waals surface area (Å²) in [5, 5.41) is 9.78. The zero-order valence-electron chi connectivity index (χ0n) is 5.52. The number of rotatable bonds is 4. The molecule has 1 saturated carbocycles. The highest BCUT2D eigenvalue weighted by molar-refractivity contribution is 9.09. The lowest BCUT2D eigenvalue weighted by atomic mass is 10.2. The summed E-state index contributed by atoms with van der Waals surface area (Å²) >= 11 is 3.38. The lowest BCUT2D eigenvalue weighted by Gasteiger charge is -1.92. The van der Waals surface area contributed by atoms with Gasteiger partial charge in [-0.15, -0.1) is 0 Å². The van der Waals surface area contributed by atoms with Gasteiger partial charge in [0.25, 0.3) is 0 Å². The molecule has 2 atom stereocenters. The van der Waals surface area contributed by atoms with Gasteiger partial charge in [0.05, 0.1) is 0 Å². The average Bonchev–Trinajstić information content (AvgIpc) is 2.62. The van der Waals surface area contributed by atoms with Crippen LogP contribution in [0.3, 0.4) is 0 Å². The molecule has 54 valence electrons. The fourth-order valence-electron chi connectivity index (χ4n) is 1.23. The van der Waals surface area contributed by atoms with Crippen LogP contribution >= 0.6 is 15.9 Å². The van der Waals surface area contributed by atoms with Gasteiger partial charge in [-0.25, -0.2) is 0 Å². The van der Waals surface area contributed by atoms with Crippen LogP contribution in [0.15, 0.2) is 0 Å². The van der Waals surface area contributed by atoms with E-state index < -0.39 is 0 Å². The van der Waals surface area contributed by atoms with Crippen molar-refractivity contribution in [3.05, 3.63) is 0 Å². The second-order valence-corrected chi connectivity index (χ2v) is 3.56. The molecular weight excluding hydrogens is 180 g/mol. The van der Waals surface area contributed by atoms with Crippen LogP contribution in [0.5, 0.6) is 0 Å². The van der Waals surface area contributed by atoms with Gasteiger partial charge < -0.3 is 5.11 Å². The first-order valence-electron chi connectivity index (χ1n) is 3.55. The van der Waals surface area contributed by atoms with E-state index in [1.54, 1.807) is 0 Å². The fourth-order valence-corrected chi connectivity index (χ4v) is 1.55. The van der Waals surface area contributed by atoms with E-state index in [-0.39, 0.29) is 0 Å². The highest BCUT2D eigenvalue weighted by atomic mass is 79.9. The van der Waals surface area contributed by atoms with Crippen LogP contribution in [-0.4, -0.2) is 17.0 Å². The Morgan fingerprint density at radius 2 is 2.22 bits per heavy atom. The first-order chi connectivity index (χ1) is 4.38. The molecule has 2 heteroatoms. The van der Waals surface area contributed by atoms with Gasteiger partial charge in [0, 0.05) is 11.9 Å². The molecule has 0 radical (unpaired) electrons. The summed E-state index contributed by atoms with van der Waals surface area (Å²) in [5.41, 5.74) is 0. The van der Waals surface area contributed by atoms with Crippen LogP contribution in [0.2, 0.25) is 0 Å². The Morgan fingerprint density at radius 1 is 1.44 bits per heavy atom. The van der Waals surface area contributed by atoms with Crippen molar-refractivity contribution in [1.29, 1.82) is 0 Å². The van der Waals surface area contributed by atoms with E-state index in [4.69, 9.17) is 5.11 Å². The van der Waals surface area contributed by atoms with Crippen LogP contribution in [0.25, 0.3) is 0 Å². The van der Waals surface area contributed by atoms with Gasteiger partial charge in [0.1, 0.15) is 0 Å². The Kier molecular flexibility index (Phi) is 2.99. The largest absolute Gasteiger partial charge is 0.396 e. The van der Waals surface area contributed by atoms with Crippen molar-refractivity contribution >= 4 is 15.9 Å². The summed E-state index contributed by atoms with van der Waals surface area (Å²) in [6, 6.07) is 0. The van der Waals surface area contributed by atoms with E-state index in [2.05, 4.69) is 15.9 Å². The van der Waals surface area contributed by atoms with Crippen LogP contribution in [0.1, 0.15) is 19.3 Å². The van der Waals surface area contributed by atoms with Crippen LogP contribution < -0.4 is 0 Å². The summed E-state index contributed by atoms with van der Waals surface area (Å²) in [6.07, 6.45) is 3.83. The highest BCUT2D eigenvalue weighted by Gasteiger charge is 2.34. The molecule has 0 amide bonds. The van der Waals surface area contributed by atoms with Crippen LogP contribution in [-0.2, 0) is 0 Å². The van der Waals surface area contributed by atoms with Gasteiger partial charge >= 0.3 is 0 Å². The third kappa shape index (κ3) is 2.26. The maximum atomic E-state index is 8.66. The molecule has 0 bridgehead atoms. The van der Waals surface area contributed by atoms with E-state index in [1.165, 1.54) is 19.3 Å². The first kappa shape index (κ1) is 7.55. The quantitative estimate of drug-likeness (QED) is 0.675. The van der Waals surface area contributed by atoms with Gasteiger partial charge in [-0.2, -0.15) is 0 Å². The number of aliphatic hydroxyl groups excluding tert-OH is 1. The molecule has 0 unspecified atom stereocenters. The van der Waals surface area contributed by atoms with Gasteiger partial charge in [-0.1, -0.05) is 15.9 Å². The molecule has 1 rings (SSSR count). The van der Waals surface area contributed by atoms with Crippen LogP contribution in [0, 0.1) is 11.8 Å². The second-order valence-electron chi connectivity index (χ2n) is 2.77. The number of hydrogen-bond donors (Lipinski definition) is 1. The van der Waals surface area contributed by atoms with E-state index in [0.717, 1.165) is 11.2 Å². The van der Waals surface area contributed by atoms with Gasteiger partial charge in [0.2, 0.25) is 0 Å². The number of alkyl halides is 1. The standard InChI is InChI=1S/C7H13BrO/c8-3-1-2-6-4-7(6)5-9/h6-7,9H,1-5H2/t6-,7+/m1/s1. The Hall–Kier alpha value is 0.440. The molecule has 1 aliphatic carbocycles. The lowest BCUT2D eigenvalue weighted by Crippen LogP contribution is -1.88. The van der Waals surface area contributed by atoms with E-state index in [9.17, 15) is 0 Å². The second kappa shape index (κ2) is 3.57. The minimum absolute atomic E-state index is 0.410. The number of aliphatic hydroxyl groups is 1. The van der Waals surface area contributed by atoms with Crippen LogP contribution in [0.4, 0.5) is 0 Å². The van der Waals surface area contributed by atoms with Crippen molar-refractivity contribution in [3.63, 3.8) is 0 Å². The van der Waals surface area contributed by atoms with Crippen molar-refractivity contribution < 1.29 is 5.11 Å². The average molecular weight is 193 g/mol. The van der Waals surface area contributed by atoms with E-state index in [1.807, 2.05) is 0 Å². The molecule has 9 heavy (non-hydrogen) atoms. The summed E-state index contributed by atoms with van der Waals surface area (Å²) in [7, 11) is 0. The molecule has 0 heterocycles. The predicted octanol–water partition coefficient (Wildman–Crippen LogP) is 1.79. The zero-order chi connectivity index (χ0) is 6.69. The molecule has 1 nitrogen and oxygen atoms in total. The first-order valence-corrected chi connectivity index (χ1v) is 4.67. The van der Waals surface area contributed by atoms with Crippen molar-refractivity contribution in [2.45, 2.75) is 19.3 Å². The SMILES string of the molecule is OC[C@@H]1C[C@H]1CCCBr. The maximum absolute atomic E-state index is 8.66. The normalized spacial score (nSPS) is 32.7. The Balaban J connectivity index is 1.92. The van der Waals surface area contributed by atoms with Gasteiger partial charge in [0.15, 0.2) is 0 Å². The maximum Gasteiger partial charge on any atom is 0.0462 e. The fraction of sp³-hybridized carbons (Fsp3) is 1.00. The Morgan fingerprint density at radius 3 is 2.67 bits per heavy atom. The van der Waals surface area contributed by atoms with Crippen molar-refractivity contribution in [1.82, 2.24) is 0 Å². The van der Waals surface area contributed by atoms with Gasteiger partial charge in [-0.05, 0) is 31.1 Å². The van der Waals surface area contributed by atoms with Crippen molar-refractivity contribution in [2.24, 2.45) is 11.8 Å². The summed E-state index contributed by atoms with van der Waals surface area (Å²) < 4.78 is 0. The zero-order valence-corrected chi connectivity index (χ0v) is 7.10. The molecule has 0 saturated heterocycles. The monoisotopic (exact) mass is 192 g/mol. The summed E-state index contributed by atoms with van der Waals surface area (Å²) in [5.74, 6) is 1.51. The minimum atomic E-state index is 0.410. The third-order valence-corrected chi connectivity index (χ3v) is 2.57. The summed E-state index contributed by atoms with van der Waals surface area (Å²) in [6.45, 7) is 0.410. The molecule has 1 N–H and O–H groups in total. The smallest absolute Gasteiger partial charge is 0.0462 e. The van der Waals surface area contributed by atoms with Crippen molar-refractivity contribution in [2.75, 3.05) is 11.9 Å². The summed E-state index contributed by atoms with van der Waals surface area (Å²) in [4.78, 5) is 0. The Bertz CT molecular complexity index is 85.0. The topological polar surface area (TPSA) is 20.2 Å². The lowest BCUT2D eigenvalue weighted by molar-refractivity contribution is 0.267. The number of hydrogen-bond acceptors (Lipinski definition) is 1. The number of halogens is 1. The molecule has 0 aromatic heterocycles. The molecule has 1 fully saturated rings. The van der Waals surface area contributed by atoms with E-state index in [0.29, 0.717) is 12.5 Å². The molecule has 0 spiro atoms. The van der Waals surface area contributed by atoms with E-state index >= 15 is 0 Å². The third-order valence-electron chi connectivity index (χ3n) is 2.01. The highest BCUT2D eigenvalue weighted by Crippen LogP contribution is 2.41. The Labute approximate surface area is 64.6 Å². The minimum Gasteiger partial charge on any atom is -0.396 e.